The number of ether oxygens (including phenoxy) is 1. The summed E-state index contributed by atoms with van der Waals surface area (Å²) >= 11 is 0. The highest BCUT2D eigenvalue weighted by atomic mass is 16.5. The minimum Gasteiger partial charge on any atom is -0.491 e. The molecule has 0 radical (unpaired) electrons. The van der Waals surface area contributed by atoms with Crippen molar-refractivity contribution in [1.82, 2.24) is 0 Å². The summed E-state index contributed by atoms with van der Waals surface area (Å²) in [6.45, 7) is 3.89. The first-order valence-corrected chi connectivity index (χ1v) is 7.48. The summed E-state index contributed by atoms with van der Waals surface area (Å²) in [5.74, 6) is 0.260. The molecule has 23 heavy (non-hydrogen) atoms. The maximum absolute atomic E-state index is 12.4. The summed E-state index contributed by atoms with van der Waals surface area (Å²) in [6, 6.07) is 14.3. The van der Waals surface area contributed by atoms with Crippen LogP contribution in [0.3, 0.4) is 0 Å². The second kappa shape index (κ2) is 6.08. The van der Waals surface area contributed by atoms with E-state index in [1.807, 2.05) is 38.1 Å². The van der Waals surface area contributed by atoms with E-state index in [1.165, 1.54) is 6.08 Å². The minimum atomic E-state index is -0.251. The minimum absolute atomic E-state index is 0.0809. The monoisotopic (exact) mass is 307 g/mol. The predicted octanol–water partition coefficient (Wildman–Crippen LogP) is 3.69. The van der Waals surface area contributed by atoms with Crippen LogP contribution in [0.4, 0.5) is 5.69 Å². The van der Waals surface area contributed by atoms with Crippen LogP contribution >= 0.6 is 0 Å². The second-order valence-electron chi connectivity index (χ2n) is 5.61. The molecule has 0 atom stereocenters. The lowest BCUT2D eigenvalue weighted by Gasteiger charge is -2.09. The number of benzene rings is 2. The van der Waals surface area contributed by atoms with Crippen molar-refractivity contribution in [2.75, 3.05) is 5.32 Å². The number of ketones is 1. The quantitative estimate of drug-likeness (QED) is 0.692. The molecule has 1 heterocycles. The fourth-order valence-electron chi connectivity index (χ4n) is 2.47. The molecule has 0 bridgehead atoms. The van der Waals surface area contributed by atoms with Gasteiger partial charge in [0.05, 0.1) is 11.7 Å². The highest BCUT2D eigenvalue weighted by Crippen LogP contribution is 2.31. The van der Waals surface area contributed by atoms with Gasteiger partial charge in [0.1, 0.15) is 5.75 Å². The lowest BCUT2D eigenvalue weighted by atomic mass is 10.0. The maximum atomic E-state index is 12.4. The third-order valence-electron chi connectivity index (χ3n) is 3.50. The van der Waals surface area contributed by atoms with Gasteiger partial charge in [-0.1, -0.05) is 18.2 Å². The number of hydrogen-bond acceptors (Lipinski definition) is 3. The van der Waals surface area contributed by atoms with Gasteiger partial charge < -0.3 is 10.1 Å². The number of amides is 1. The van der Waals surface area contributed by atoms with Crippen LogP contribution in [-0.2, 0) is 4.79 Å². The highest BCUT2D eigenvalue weighted by molar-refractivity contribution is 6.35. The number of hydrogen-bond donors (Lipinski definition) is 1. The van der Waals surface area contributed by atoms with Crippen LogP contribution in [0.25, 0.3) is 5.57 Å². The van der Waals surface area contributed by atoms with E-state index in [2.05, 4.69) is 5.32 Å². The molecule has 3 rings (SSSR count). The molecule has 0 spiro atoms. The van der Waals surface area contributed by atoms with Gasteiger partial charge in [-0.05, 0) is 50.3 Å². The third-order valence-corrected chi connectivity index (χ3v) is 3.50. The average molecular weight is 307 g/mol. The third kappa shape index (κ3) is 3.16. The first kappa shape index (κ1) is 15.0. The van der Waals surface area contributed by atoms with Crippen molar-refractivity contribution in [2.24, 2.45) is 0 Å². The van der Waals surface area contributed by atoms with Gasteiger partial charge in [-0.25, -0.2) is 0 Å². The number of fused-ring (bicyclic) bond motifs is 1. The number of rotatable bonds is 4. The Morgan fingerprint density at radius 2 is 1.78 bits per heavy atom. The molecule has 4 heteroatoms. The van der Waals surface area contributed by atoms with E-state index in [4.69, 9.17) is 4.74 Å². The van der Waals surface area contributed by atoms with Gasteiger partial charge in [0.2, 0.25) is 0 Å². The molecule has 1 amide bonds. The molecular weight excluding hydrogens is 290 g/mol. The topological polar surface area (TPSA) is 55.4 Å². The zero-order valence-corrected chi connectivity index (χ0v) is 13.0. The molecule has 0 saturated heterocycles. The van der Waals surface area contributed by atoms with Crippen molar-refractivity contribution in [1.29, 1.82) is 0 Å². The van der Waals surface area contributed by atoms with Crippen LogP contribution in [0.1, 0.15) is 29.8 Å². The molecule has 0 fully saturated rings. The Morgan fingerprint density at radius 1 is 1.09 bits per heavy atom. The maximum Gasteiger partial charge on any atom is 0.256 e. The summed E-state index contributed by atoms with van der Waals surface area (Å²) in [5, 5.41) is 2.76. The van der Waals surface area contributed by atoms with E-state index in [9.17, 15) is 9.59 Å². The Hall–Kier alpha value is -2.88. The van der Waals surface area contributed by atoms with E-state index in [1.54, 1.807) is 24.3 Å². The lowest BCUT2D eigenvalue weighted by Crippen LogP contribution is -2.07. The molecule has 1 N–H and O–H groups in total. The van der Waals surface area contributed by atoms with Crippen molar-refractivity contribution in [3.8, 4) is 5.75 Å². The van der Waals surface area contributed by atoms with E-state index in [0.717, 1.165) is 11.3 Å². The fourth-order valence-corrected chi connectivity index (χ4v) is 2.47. The Bertz CT molecular complexity index is 789. The first-order valence-electron chi connectivity index (χ1n) is 7.48. The van der Waals surface area contributed by atoms with Crippen LogP contribution in [0, 0.1) is 0 Å². The Kier molecular flexibility index (Phi) is 3.98. The Morgan fingerprint density at radius 3 is 2.48 bits per heavy atom. The Balaban J connectivity index is 1.85. The zero-order valence-electron chi connectivity index (χ0n) is 13.0. The van der Waals surface area contributed by atoms with Gasteiger partial charge >= 0.3 is 0 Å². The number of carbonyl (C=O) groups excluding carboxylic acids is 2. The normalized spacial score (nSPS) is 14.7. The fraction of sp³-hybridized carbons (Fsp3) is 0.158. The van der Waals surface area contributed by atoms with E-state index in [0.29, 0.717) is 16.9 Å². The summed E-state index contributed by atoms with van der Waals surface area (Å²) in [7, 11) is 0. The molecular formula is C19H17NO3. The first-order chi connectivity index (χ1) is 11.0. The van der Waals surface area contributed by atoms with E-state index >= 15 is 0 Å². The van der Waals surface area contributed by atoms with Gasteiger partial charge in [0.15, 0.2) is 5.78 Å². The van der Waals surface area contributed by atoms with Crippen molar-refractivity contribution in [3.05, 3.63) is 65.7 Å². The lowest BCUT2D eigenvalue weighted by molar-refractivity contribution is -0.110. The van der Waals surface area contributed by atoms with Gasteiger partial charge in [0, 0.05) is 16.8 Å². The van der Waals surface area contributed by atoms with Crippen LogP contribution in [0.15, 0.2) is 54.6 Å². The predicted molar refractivity (Wildman–Crippen MR) is 89.6 cm³/mol. The van der Waals surface area contributed by atoms with Crippen LogP contribution in [0.2, 0.25) is 0 Å². The number of allylic oxidation sites excluding steroid dienone is 1. The van der Waals surface area contributed by atoms with Gasteiger partial charge in [-0.3, -0.25) is 9.59 Å². The number of carbonyl (C=O) groups is 2. The van der Waals surface area contributed by atoms with Crippen LogP contribution in [-0.4, -0.2) is 17.8 Å². The van der Waals surface area contributed by atoms with E-state index < -0.39 is 0 Å². The summed E-state index contributed by atoms with van der Waals surface area (Å²) in [4.78, 5) is 24.4. The van der Waals surface area contributed by atoms with Gasteiger partial charge in [-0.2, -0.15) is 0 Å². The highest BCUT2D eigenvalue weighted by Gasteiger charge is 2.24. The number of para-hydroxylation sites is 1. The molecule has 1 aliphatic rings. The average Bonchev–Trinajstić information content (AvgIpc) is 2.83. The van der Waals surface area contributed by atoms with Crippen LogP contribution < -0.4 is 10.1 Å². The smallest absolute Gasteiger partial charge is 0.256 e. The molecule has 0 aromatic heterocycles. The number of anilines is 1. The van der Waals surface area contributed by atoms with Crippen molar-refractivity contribution >= 4 is 23.0 Å². The van der Waals surface area contributed by atoms with Crippen LogP contribution in [0.5, 0.6) is 5.75 Å². The molecule has 0 saturated carbocycles. The van der Waals surface area contributed by atoms with Gasteiger partial charge in [-0.15, -0.1) is 0 Å². The molecule has 116 valence electrons. The molecule has 4 nitrogen and oxygen atoms in total. The Labute approximate surface area is 134 Å². The molecule has 0 unspecified atom stereocenters. The second-order valence-corrected chi connectivity index (χ2v) is 5.61. The summed E-state index contributed by atoms with van der Waals surface area (Å²) in [6.07, 6.45) is 1.47. The van der Waals surface area contributed by atoms with Gasteiger partial charge in [0.25, 0.3) is 5.91 Å². The van der Waals surface area contributed by atoms with Crippen molar-refractivity contribution < 1.29 is 14.3 Å². The largest absolute Gasteiger partial charge is 0.491 e. The molecule has 0 aliphatic carbocycles. The zero-order chi connectivity index (χ0) is 16.4. The van der Waals surface area contributed by atoms with E-state index in [-0.39, 0.29) is 17.8 Å². The SMILES string of the molecule is CC(C)Oc1ccc(C(=O)/C=C2\C(=O)Nc3ccccc32)cc1. The molecule has 1 aliphatic heterocycles. The summed E-state index contributed by atoms with van der Waals surface area (Å²) in [5.41, 5.74) is 2.40. The van der Waals surface area contributed by atoms with Crippen molar-refractivity contribution in [3.63, 3.8) is 0 Å². The summed E-state index contributed by atoms with van der Waals surface area (Å²) < 4.78 is 5.56. The molecule has 2 aromatic carbocycles. The molecule has 2 aromatic rings. The standard InChI is InChI=1S/C19H17NO3/c1-12(2)23-14-9-7-13(8-10-14)18(21)11-16-15-5-3-4-6-17(15)20-19(16)22/h3-12H,1-2H3,(H,20,22)/b16-11-. The number of nitrogens with one attached hydrogen (secondary N) is 1. The van der Waals surface area contributed by atoms with Crippen molar-refractivity contribution in [2.45, 2.75) is 20.0 Å².